The van der Waals surface area contributed by atoms with E-state index in [0.29, 0.717) is 5.82 Å². The highest BCUT2D eigenvalue weighted by Gasteiger charge is 2.06. The molecule has 16 heavy (non-hydrogen) atoms. The van der Waals surface area contributed by atoms with Gasteiger partial charge in [-0.15, -0.1) is 0 Å². The Morgan fingerprint density at radius 2 is 1.75 bits per heavy atom. The smallest absolute Gasteiger partial charge is 0.123 e. The number of benzene rings is 1. The van der Waals surface area contributed by atoms with Crippen molar-refractivity contribution in [3.63, 3.8) is 0 Å². The molecule has 2 aromatic rings. The Hall–Kier alpha value is -1.90. The molecule has 2 nitrogen and oxygen atoms in total. The van der Waals surface area contributed by atoms with Gasteiger partial charge in [0.25, 0.3) is 0 Å². The van der Waals surface area contributed by atoms with Crippen LogP contribution in [0, 0.1) is 19.7 Å². The number of rotatable bonds is 1. The number of anilines is 1. The van der Waals surface area contributed by atoms with E-state index in [1.807, 2.05) is 19.9 Å². The van der Waals surface area contributed by atoms with Gasteiger partial charge in [0.2, 0.25) is 0 Å². The van der Waals surface area contributed by atoms with E-state index < -0.39 is 0 Å². The van der Waals surface area contributed by atoms with Crippen LogP contribution in [0.5, 0.6) is 0 Å². The average Bonchev–Trinajstić information content (AvgIpc) is 2.19. The van der Waals surface area contributed by atoms with Crippen LogP contribution in [-0.2, 0) is 0 Å². The van der Waals surface area contributed by atoms with Crippen molar-refractivity contribution in [2.45, 2.75) is 13.8 Å². The molecule has 0 radical (unpaired) electrons. The third-order valence-electron chi connectivity index (χ3n) is 2.59. The second-order valence-corrected chi connectivity index (χ2v) is 3.83. The van der Waals surface area contributed by atoms with E-state index in [0.717, 1.165) is 22.4 Å². The number of pyridine rings is 1. The van der Waals surface area contributed by atoms with Crippen LogP contribution in [0.2, 0.25) is 0 Å². The first-order valence-corrected chi connectivity index (χ1v) is 5.07. The van der Waals surface area contributed by atoms with Crippen LogP contribution in [0.3, 0.4) is 0 Å². The van der Waals surface area contributed by atoms with Gasteiger partial charge < -0.3 is 5.73 Å². The molecule has 82 valence electrons. The first-order chi connectivity index (χ1) is 7.58. The molecule has 0 amide bonds. The third-order valence-corrected chi connectivity index (χ3v) is 2.59. The summed E-state index contributed by atoms with van der Waals surface area (Å²) in [5, 5.41) is 0. The first-order valence-electron chi connectivity index (χ1n) is 5.07. The van der Waals surface area contributed by atoms with Crippen molar-refractivity contribution in [1.82, 2.24) is 4.98 Å². The summed E-state index contributed by atoms with van der Waals surface area (Å²) in [6.07, 6.45) is 0. The molecule has 1 aromatic carbocycles. The number of aryl methyl sites for hydroxylation is 2. The maximum Gasteiger partial charge on any atom is 0.123 e. The van der Waals surface area contributed by atoms with Crippen LogP contribution in [0.1, 0.15) is 11.3 Å². The van der Waals surface area contributed by atoms with Crippen molar-refractivity contribution >= 4 is 5.82 Å². The molecule has 0 spiro atoms. The lowest BCUT2D eigenvalue weighted by Gasteiger charge is -2.09. The third kappa shape index (κ3) is 1.89. The van der Waals surface area contributed by atoms with Crippen LogP contribution in [0.25, 0.3) is 11.1 Å². The molecule has 0 unspecified atom stereocenters. The highest BCUT2D eigenvalue weighted by atomic mass is 19.1. The van der Waals surface area contributed by atoms with Gasteiger partial charge in [0.05, 0.1) is 0 Å². The fourth-order valence-corrected chi connectivity index (χ4v) is 1.79. The van der Waals surface area contributed by atoms with Crippen molar-refractivity contribution < 1.29 is 4.39 Å². The van der Waals surface area contributed by atoms with Crippen molar-refractivity contribution in [3.8, 4) is 11.1 Å². The zero-order valence-corrected chi connectivity index (χ0v) is 9.29. The SMILES string of the molecule is Cc1cc(F)ccc1-c1ccc(N)nc1C. The number of nitrogen functional groups attached to an aromatic ring is 1. The van der Waals surface area contributed by atoms with E-state index in [4.69, 9.17) is 5.73 Å². The van der Waals surface area contributed by atoms with Crippen LogP contribution in [-0.4, -0.2) is 4.98 Å². The number of halogens is 1. The number of aromatic nitrogens is 1. The molecule has 2 N–H and O–H groups in total. The normalized spacial score (nSPS) is 10.4. The molecular formula is C13H13FN2. The Kier molecular flexibility index (Phi) is 2.60. The fourth-order valence-electron chi connectivity index (χ4n) is 1.79. The Bertz CT molecular complexity index is 486. The summed E-state index contributed by atoms with van der Waals surface area (Å²) < 4.78 is 13.0. The minimum absolute atomic E-state index is 0.220. The topological polar surface area (TPSA) is 38.9 Å². The molecule has 2 rings (SSSR count). The predicted molar refractivity (Wildman–Crippen MR) is 63.5 cm³/mol. The molecule has 1 heterocycles. The second kappa shape index (κ2) is 3.93. The number of nitrogens with zero attached hydrogens (tertiary/aromatic N) is 1. The zero-order chi connectivity index (χ0) is 11.7. The number of nitrogens with two attached hydrogens (primary N) is 1. The van der Waals surface area contributed by atoms with Gasteiger partial charge >= 0.3 is 0 Å². The predicted octanol–water partition coefficient (Wildman–Crippen LogP) is 3.09. The summed E-state index contributed by atoms with van der Waals surface area (Å²) in [4.78, 5) is 4.20. The van der Waals surface area contributed by atoms with Crippen LogP contribution in [0.15, 0.2) is 30.3 Å². The van der Waals surface area contributed by atoms with E-state index in [2.05, 4.69) is 4.98 Å². The van der Waals surface area contributed by atoms with Crippen molar-refractivity contribution in [1.29, 1.82) is 0 Å². The van der Waals surface area contributed by atoms with E-state index in [1.54, 1.807) is 12.1 Å². The lowest BCUT2D eigenvalue weighted by Crippen LogP contribution is -1.95. The van der Waals surface area contributed by atoms with E-state index >= 15 is 0 Å². The summed E-state index contributed by atoms with van der Waals surface area (Å²) in [5.74, 6) is 0.281. The van der Waals surface area contributed by atoms with Gasteiger partial charge in [-0.2, -0.15) is 0 Å². The van der Waals surface area contributed by atoms with Crippen LogP contribution >= 0.6 is 0 Å². The van der Waals surface area contributed by atoms with E-state index in [1.165, 1.54) is 12.1 Å². The van der Waals surface area contributed by atoms with Gasteiger partial charge in [-0.25, -0.2) is 9.37 Å². The number of hydrogen-bond donors (Lipinski definition) is 1. The molecule has 0 saturated heterocycles. The highest BCUT2D eigenvalue weighted by molar-refractivity contribution is 5.70. The molecule has 0 atom stereocenters. The largest absolute Gasteiger partial charge is 0.384 e. The van der Waals surface area contributed by atoms with Crippen molar-refractivity contribution in [2.75, 3.05) is 5.73 Å². The maximum absolute atomic E-state index is 13.0. The number of hydrogen-bond acceptors (Lipinski definition) is 2. The Morgan fingerprint density at radius 3 is 2.38 bits per heavy atom. The van der Waals surface area contributed by atoms with Gasteiger partial charge in [0.15, 0.2) is 0 Å². The van der Waals surface area contributed by atoms with Crippen LogP contribution in [0.4, 0.5) is 10.2 Å². The molecule has 3 heteroatoms. The monoisotopic (exact) mass is 216 g/mol. The molecule has 0 aliphatic heterocycles. The Balaban J connectivity index is 2.59. The molecule has 1 aromatic heterocycles. The minimum atomic E-state index is -0.220. The average molecular weight is 216 g/mol. The van der Waals surface area contributed by atoms with Crippen molar-refractivity contribution in [3.05, 3.63) is 47.4 Å². The quantitative estimate of drug-likeness (QED) is 0.795. The Morgan fingerprint density at radius 1 is 1.06 bits per heavy atom. The Labute approximate surface area is 93.9 Å². The zero-order valence-electron chi connectivity index (χ0n) is 9.29. The first kappa shape index (κ1) is 10.6. The van der Waals surface area contributed by atoms with Gasteiger partial charge in [0.1, 0.15) is 11.6 Å². The summed E-state index contributed by atoms with van der Waals surface area (Å²) in [6.45, 7) is 3.78. The molecule has 0 saturated carbocycles. The summed E-state index contributed by atoms with van der Waals surface area (Å²) >= 11 is 0. The molecule has 0 aliphatic rings. The summed E-state index contributed by atoms with van der Waals surface area (Å²) in [7, 11) is 0. The molecule has 0 fully saturated rings. The molecule has 0 aliphatic carbocycles. The second-order valence-electron chi connectivity index (χ2n) is 3.83. The maximum atomic E-state index is 13.0. The van der Waals surface area contributed by atoms with E-state index in [-0.39, 0.29) is 5.82 Å². The summed E-state index contributed by atoms with van der Waals surface area (Å²) in [6, 6.07) is 8.41. The fraction of sp³-hybridized carbons (Fsp3) is 0.154. The van der Waals surface area contributed by atoms with E-state index in [9.17, 15) is 4.39 Å². The van der Waals surface area contributed by atoms with Gasteiger partial charge in [-0.05, 0) is 49.2 Å². The summed E-state index contributed by atoms with van der Waals surface area (Å²) in [5.41, 5.74) is 9.34. The lowest BCUT2D eigenvalue weighted by atomic mass is 9.99. The highest BCUT2D eigenvalue weighted by Crippen LogP contribution is 2.26. The van der Waals surface area contributed by atoms with Crippen molar-refractivity contribution in [2.24, 2.45) is 0 Å². The lowest BCUT2D eigenvalue weighted by molar-refractivity contribution is 0.627. The van der Waals surface area contributed by atoms with Gasteiger partial charge in [-0.1, -0.05) is 6.07 Å². The minimum Gasteiger partial charge on any atom is -0.384 e. The van der Waals surface area contributed by atoms with Gasteiger partial charge in [-0.3, -0.25) is 0 Å². The molecular weight excluding hydrogens is 203 g/mol. The molecule has 0 bridgehead atoms. The van der Waals surface area contributed by atoms with Crippen LogP contribution < -0.4 is 5.73 Å². The van der Waals surface area contributed by atoms with Gasteiger partial charge in [0, 0.05) is 11.3 Å². The standard InChI is InChI=1S/C13H13FN2/c1-8-7-10(14)3-4-11(8)12-5-6-13(15)16-9(12)2/h3-7H,1-2H3,(H2,15,16).